The molecular weight excluding hydrogens is 280 g/mol. The van der Waals surface area contributed by atoms with Crippen LogP contribution in [-0.2, 0) is 9.53 Å². The molecule has 8 heteroatoms. The van der Waals surface area contributed by atoms with E-state index in [1.54, 1.807) is 6.92 Å². The lowest BCUT2D eigenvalue weighted by molar-refractivity contribution is -0.135. The van der Waals surface area contributed by atoms with Crippen molar-refractivity contribution in [1.29, 1.82) is 0 Å². The maximum atomic E-state index is 10.6. The molecule has 0 saturated carbocycles. The van der Waals surface area contributed by atoms with Crippen LogP contribution in [0.15, 0.2) is 16.4 Å². The second kappa shape index (κ2) is 7.39. The third-order valence-electron chi connectivity index (χ3n) is 3.14. The molecule has 120 valence electrons. The van der Waals surface area contributed by atoms with Gasteiger partial charge in [-0.15, -0.1) is 0 Å². The Morgan fingerprint density at radius 3 is 2.62 bits per heavy atom. The van der Waals surface area contributed by atoms with Crippen LogP contribution in [0.2, 0.25) is 0 Å². The van der Waals surface area contributed by atoms with Crippen LogP contribution >= 0.6 is 0 Å². The van der Waals surface area contributed by atoms with Gasteiger partial charge >= 0.3 is 5.97 Å². The Morgan fingerprint density at radius 1 is 1.48 bits per heavy atom. The number of carbonyl (C=O) groups is 1. The number of nitrogens with one attached hydrogen (secondary N) is 1. The molecule has 0 aromatic rings. The van der Waals surface area contributed by atoms with Crippen LogP contribution in [0.5, 0.6) is 0 Å². The maximum absolute atomic E-state index is 10.6. The average molecular weight is 302 g/mol. The molecule has 0 amide bonds. The largest absolute Gasteiger partial charge is 0.493 e. The van der Waals surface area contributed by atoms with Crippen molar-refractivity contribution in [2.75, 3.05) is 26.9 Å². The Labute approximate surface area is 122 Å². The Kier molecular flexibility index (Phi) is 6.13. The van der Waals surface area contributed by atoms with E-state index in [1.807, 2.05) is 0 Å². The molecule has 0 heterocycles. The van der Waals surface area contributed by atoms with E-state index >= 15 is 0 Å². The van der Waals surface area contributed by atoms with E-state index in [2.05, 4.69) is 10.3 Å². The van der Waals surface area contributed by atoms with Crippen LogP contribution in [0, 0.1) is 0 Å². The average Bonchev–Trinajstić information content (AvgIpc) is 2.44. The monoisotopic (exact) mass is 302 g/mol. The van der Waals surface area contributed by atoms with Crippen LogP contribution in [0.1, 0.15) is 19.8 Å². The standard InChI is InChI=1S/C13H22N2O6/c1-8(6-16)15-10-4-13(20,7-17)3-9(12(10)21-2)14-5-11(18)19/h8,15-17,20H,3-7H2,1-2H3,(H,18,19). The van der Waals surface area contributed by atoms with E-state index in [-0.39, 0.29) is 31.2 Å². The SMILES string of the molecule is COC1=C(NC(C)CO)CC(O)(CO)CC1=NCC(=O)O. The van der Waals surface area contributed by atoms with Crippen LogP contribution < -0.4 is 5.32 Å². The molecule has 5 N–H and O–H groups in total. The van der Waals surface area contributed by atoms with Crippen molar-refractivity contribution in [3.8, 4) is 0 Å². The highest BCUT2D eigenvalue weighted by Gasteiger charge is 2.38. The highest BCUT2D eigenvalue weighted by molar-refractivity contribution is 6.01. The lowest BCUT2D eigenvalue weighted by Crippen LogP contribution is -2.45. The second-order valence-corrected chi connectivity index (χ2v) is 5.13. The number of rotatable bonds is 7. The number of allylic oxidation sites excluding steroid dienone is 1. The summed E-state index contributed by atoms with van der Waals surface area (Å²) in [5, 5.41) is 40.5. The first-order valence-corrected chi connectivity index (χ1v) is 6.58. The predicted octanol–water partition coefficient (Wildman–Crippen LogP) is -1.14. The fourth-order valence-corrected chi connectivity index (χ4v) is 2.14. The number of carboxylic acid groups (broad SMARTS) is 1. The minimum atomic E-state index is -1.43. The topological polar surface area (TPSA) is 132 Å². The first kappa shape index (κ1) is 17.4. The zero-order chi connectivity index (χ0) is 16.0. The van der Waals surface area contributed by atoms with Crippen LogP contribution in [0.3, 0.4) is 0 Å². The maximum Gasteiger partial charge on any atom is 0.325 e. The molecule has 0 fully saturated rings. The van der Waals surface area contributed by atoms with Gasteiger partial charge in [0.15, 0.2) is 5.76 Å². The smallest absolute Gasteiger partial charge is 0.325 e. The molecule has 2 unspecified atom stereocenters. The van der Waals surface area contributed by atoms with E-state index in [9.17, 15) is 15.0 Å². The Morgan fingerprint density at radius 2 is 2.14 bits per heavy atom. The number of aliphatic hydroxyl groups is 3. The Bertz CT molecular complexity index is 448. The zero-order valence-electron chi connectivity index (χ0n) is 12.2. The number of aliphatic imine (C=N–C) groups is 1. The van der Waals surface area contributed by atoms with Crippen molar-refractivity contribution >= 4 is 11.7 Å². The molecule has 1 rings (SSSR count). The molecule has 2 atom stereocenters. The zero-order valence-corrected chi connectivity index (χ0v) is 12.2. The van der Waals surface area contributed by atoms with Crippen molar-refractivity contribution < 1.29 is 30.0 Å². The van der Waals surface area contributed by atoms with E-state index < -0.39 is 24.7 Å². The number of aliphatic hydroxyl groups excluding tert-OH is 2. The first-order valence-electron chi connectivity index (χ1n) is 6.58. The lowest BCUT2D eigenvalue weighted by atomic mass is 9.85. The van der Waals surface area contributed by atoms with Gasteiger partial charge in [0.05, 0.1) is 37.3 Å². The number of methoxy groups -OCH3 is 1. The molecule has 1 aliphatic rings. The second-order valence-electron chi connectivity index (χ2n) is 5.13. The van der Waals surface area contributed by atoms with Gasteiger partial charge in [-0.3, -0.25) is 9.79 Å². The van der Waals surface area contributed by atoms with Crippen molar-refractivity contribution in [2.24, 2.45) is 4.99 Å². The Balaban J connectivity index is 3.16. The van der Waals surface area contributed by atoms with Crippen LogP contribution in [-0.4, -0.2) is 70.6 Å². The predicted molar refractivity (Wildman–Crippen MR) is 74.9 cm³/mol. The molecule has 0 aromatic heterocycles. The number of nitrogens with zero attached hydrogens (tertiary/aromatic N) is 1. The van der Waals surface area contributed by atoms with Crippen molar-refractivity contribution in [1.82, 2.24) is 5.32 Å². The summed E-state index contributed by atoms with van der Waals surface area (Å²) in [6.45, 7) is 0.669. The molecule has 8 nitrogen and oxygen atoms in total. The highest BCUT2D eigenvalue weighted by atomic mass is 16.5. The molecule has 21 heavy (non-hydrogen) atoms. The molecule has 0 radical (unpaired) electrons. The molecule has 0 aliphatic heterocycles. The minimum absolute atomic E-state index is 0.00135. The summed E-state index contributed by atoms with van der Waals surface area (Å²) < 4.78 is 5.25. The van der Waals surface area contributed by atoms with Gasteiger partial charge in [-0.2, -0.15) is 0 Å². The number of hydrogen-bond acceptors (Lipinski definition) is 7. The van der Waals surface area contributed by atoms with Gasteiger partial charge in [0.25, 0.3) is 0 Å². The van der Waals surface area contributed by atoms with Crippen molar-refractivity contribution in [3.63, 3.8) is 0 Å². The summed E-state index contributed by atoms with van der Waals surface area (Å²) in [5.74, 6) is -0.760. The lowest BCUT2D eigenvalue weighted by Gasteiger charge is -2.35. The van der Waals surface area contributed by atoms with Gasteiger partial charge in [0, 0.05) is 18.9 Å². The fraction of sp³-hybridized carbons (Fsp3) is 0.692. The van der Waals surface area contributed by atoms with Crippen molar-refractivity contribution in [3.05, 3.63) is 11.5 Å². The summed E-state index contributed by atoms with van der Waals surface area (Å²) in [6, 6.07) is -0.285. The molecule has 0 saturated heterocycles. The molecule has 0 spiro atoms. The van der Waals surface area contributed by atoms with Crippen LogP contribution in [0.4, 0.5) is 0 Å². The summed E-state index contributed by atoms with van der Waals surface area (Å²) in [7, 11) is 1.42. The number of aliphatic carboxylic acids is 1. The van der Waals surface area contributed by atoms with E-state index in [0.29, 0.717) is 11.5 Å². The minimum Gasteiger partial charge on any atom is -0.493 e. The van der Waals surface area contributed by atoms with Gasteiger partial charge < -0.3 is 30.5 Å². The van der Waals surface area contributed by atoms with E-state index in [1.165, 1.54) is 7.11 Å². The molecule has 0 aromatic carbocycles. The Hall–Kier alpha value is -1.64. The normalized spacial score (nSPS) is 25.9. The summed E-state index contributed by atoms with van der Waals surface area (Å²) in [6.07, 6.45) is 0.0990. The summed E-state index contributed by atoms with van der Waals surface area (Å²) in [5.41, 5.74) is -0.682. The van der Waals surface area contributed by atoms with E-state index in [4.69, 9.17) is 14.9 Å². The highest BCUT2D eigenvalue weighted by Crippen LogP contribution is 2.30. The first-order chi connectivity index (χ1) is 9.85. The summed E-state index contributed by atoms with van der Waals surface area (Å²) in [4.78, 5) is 14.6. The number of carboxylic acids is 1. The van der Waals surface area contributed by atoms with Crippen molar-refractivity contribution in [2.45, 2.75) is 31.4 Å². The van der Waals surface area contributed by atoms with Gasteiger partial charge in [-0.1, -0.05) is 0 Å². The van der Waals surface area contributed by atoms with Gasteiger partial charge in [-0.05, 0) is 6.92 Å². The van der Waals surface area contributed by atoms with E-state index in [0.717, 1.165) is 0 Å². The molecular formula is C13H22N2O6. The quantitative estimate of drug-likeness (QED) is 0.401. The molecule has 0 bridgehead atoms. The van der Waals surface area contributed by atoms with Gasteiger partial charge in [-0.25, -0.2) is 0 Å². The van der Waals surface area contributed by atoms with Gasteiger partial charge in [0.1, 0.15) is 6.54 Å². The fourth-order valence-electron chi connectivity index (χ4n) is 2.14. The number of hydrogen-bond donors (Lipinski definition) is 5. The summed E-state index contributed by atoms with van der Waals surface area (Å²) >= 11 is 0. The third kappa shape index (κ3) is 4.69. The third-order valence-corrected chi connectivity index (χ3v) is 3.14. The number of ether oxygens (including phenoxy) is 1. The van der Waals surface area contributed by atoms with Gasteiger partial charge in [0.2, 0.25) is 0 Å². The molecule has 1 aliphatic carbocycles. The van der Waals surface area contributed by atoms with Crippen LogP contribution in [0.25, 0.3) is 0 Å².